The summed E-state index contributed by atoms with van der Waals surface area (Å²) in [7, 11) is 1.20. The van der Waals surface area contributed by atoms with Gasteiger partial charge in [0.25, 0.3) is 9.05 Å². The standard InChI is InChI=1S/C6H2BrClFIO2S/c7-4-1-3(9)2-5(6(4)10)13(8,11)12/h1-2H. The van der Waals surface area contributed by atoms with E-state index in [-0.39, 0.29) is 4.90 Å². The van der Waals surface area contributed by atoms with Crippen molar-refractivity contribution in [2.75, 3.05) is 0 Å². The zero-order valence-electron chi connectivity index (χ0n) is 5.89. The monoisotopic (exact) mass is 398 g/mol. The van der Waals surface area contributed by atoms with Crippen molar-refractivity contribution >= 4 is 58.3 Å². The molecule has 0 fully saturated rings. The van der Waals surface area contributed by atoms with Crippen molar-refractivity contribution in [3.8, 4) is 0 Å². The topological polar surface area (TPSA) is 34.1 Å². The Bertz CT molecular complexity index is 448. The number of halogens is 4. The molecule has 1 rings (SSSR count). The van der Waals surface area contributed by atoms with E-state index in [1.165, 1.54) is 6.07 Å². The highest BCUT2D eigenvalue weighted by Gasteiger charge is 2.17. The third-order valence-corrected chi connectivity index (χ3v) is 5.46. The van der Waals surface area contributed by atoms with E-state index in [0.717, 1.165) is 6.07 Å². The molecule has 0 heterocycles. The highest BCUT2D eigenvalue weighted by atomic mass is 127. The molecule has 1 aromatic carbocycles. The molecule has 0 saturated heterocycles. The minimum absolute atomic E-state index is 0.221. The van der Waals surface area contributed by atoms with Gasteiger partial charge in [0.05, 0.1) is 4.90 Å². The van der Waals surface area contributed by atoms with E-state index < -0.39 is 14.9 Å². The van der Waals surface area contributed by atoms with Crippen molar-refractivity contribution in [2.45, 2.75) is 4.90 Å². The summed E-state index contributed by atoms with van der Waals surface area (Å²) >= 11 is 4.79. The molecule has 0 amide bonds. The summed E-state index contributed by atoms with van der Waals surface area (Å²) < 4.78 is 35.4. The Balaban J connectivity index is 3.56. The lowest BCUT2D eigenvalue weighted by Crippen LogP contribution is -1.96. The molecule has 2 nitrogen and oxygen atoms in total. The molecule has 7 heteroatoms. The Morgan fingerprint density at radius 2 is 2.00 bits per heavy atom. The minimum Gasteiger partial charge on any atom is -0.207 e. The van der Waals surface area contributed by atoms with E-state index in [4.69, 9.17) is 10.7 Å². The zero-order valence-corrected chi connectivity index (χ0v) is 11.2. The first kappa shape index (κ1) is 11.7. The molecular formula is C6H2BrClFIO2S. The number of benzene rings is 1. The smallest absolute Gasteiger partial charge is 0.207 e. The molecule has 72 valence electrons. The van der Waals surface area contributed by atoms with Crippen molar-refractivity contribution in [1.82, 2.24) is 0 Å². The van der Waals surface area contributed by atoms with Crippen molar-refractivity contribution in [3.63, 3.8) is 0 Å². The van der Waals surface area contributed by atoms with Crippen molar-refractivity contribution in [3.05, 3.63) is 26.0 Å². The second-order valence-electron chi connectivity index (χ2n) is 2.14. The van der Waals surface area contributed by atoms with Gasteiger partial charge in [0.2, 0.25) is 0 Å². The maximum Gasteiger partial charge on any atom is 0.262 e. The first-order chi connectivity index (χ1) is 5.82. The molecule has 1 aromatic rings. The van der Waals surface area contributed by atoms with Crippen LogP contribution in [0.5, 0.6) is 0 Å². The molecule has 0 aliphatic rings. The second kappa shape index (κ2) is 4.00. The number of rotatable bonds is 1. The van der Waals surface area contributed by atoms with E-state index in [2.05, 4.69) is 15.9 Å². The van der Waals surface area contributed by atoms with Crippen LogP contribution in [0.4, 0.5) is 4.39 Å². The summed E-state index contributed by atoms with van der Waals surface area (Å²) in [5, 5.41) is 0. The Morgan fingerprint density at radius 1 is 1.46 bits per heavy atom. The highest BCUT2D eigenvalue weighted by molar-refractivity contribution is 14.1. The van der Waals surface area contributed by atoms with Gasteiger partial charge in [-0.1, -0.05) is 0 Å². The number of hydrogen-bond acceptors (Lipinski definition) is 2. The first-order valence-corrected chi connectivity index (χ1v) is 7.09. The van der Waals surface area contributed by atoms with Gasteiger partial charge >= 0.3 is 0 Å². The maximum absolute atomic E-state index is 12.8. The summed E-state index contributed by atoms with van der Waals surface area (Å²) in [4.78, 5) is -0.221. The van der Waals surface area contributed by atoms with Crippen molar-refractivity contribution < 1.29 is 12.8 Å². The van der Waals surface area contributed by atoms with E-state index in [9.17, 15) is 12.8 Å². The van der Waals surface area contributed by atoms with Gasteiger partial charge in [0.1, 0.15) is 5.82 Å². The van der Waals surface area contributed by atoms with Crippen molar-refractivity contribution in [1.29, 1.82) is 0 Å². The van der Waals surface area contributed by atoms with E-state index in [1.807, 2.05) is 0 Å². The Hall–Kier alpha value is 0.600. The van der Waals surface area contributed by atoms with Gasteiger partial charge in [-0.3, -0.25) is 0 Å². The largest absolute Gasteiger partial charge is 0.262 e. The number of hydrogen-bond donors (Lipinski definition) is 0. The molecule has 0 radical (unpaired) electrons. The minimum atomic E-state index is -3.88. The van der Waals surface area contributed by atoms with E-state index in [1.54, 1.807) is 22.6 Å². The lowest BCUT2D eigenvalue weighted by molar-refractivity contribution is 0.601. The average Bonchev–Trinajstić information content (AvgIpc) is 1.94. The molecule has 0 atom stereocenters. The van der Waals surface area contributed by atoms with E-state index in [0.29, 0.717) is 8.04 Å². The summed E-state index contributed by atoms with van der Waals surface area (Å²) in [6.45, 7) is 0. The first-order valence-electron chi connectivity index (χ1n) is 2.91. The second-order valence-corrected chi connectivity index (χ2v) is 6.61. The molecule has 0 saturated carbocycles. The van der Waals surface area contributed by atoms with Crippen LogP contribution < -0.4 is 0 Å². The third-order valence-electron chi connectivity index (χ3n) is 1.22. The van der Waals surface area contributed by atoms with Gasteiger partial charge in [-0.25, -0.2) is 12.8 Å². The van der Waals surface area contributed by atoms with Crippen LogP contribution >= 0.6 is 49.2 Å². The normalized spacial score (nSPS) is 11.7. The maximum atomic E-state index is 12.8. The third kappa shape index (κ3) is 2.77. The van der Waals surface area contributed by atoms with Gasteiger partial charge < -0.3 is 0 Å². The summed E-state index contributed by atoms with van der Waals surface area (Å²) in [6.07, 6.45) is 0. The lowest BCUT2D eigenvalue weighted by atomic mass is 10.3. The molecule has 0 aliphatic heterocycles. The van der Waals surface area contributed by atoms with E-state index >= 15 is 0 Å². The highest BCUT2D eigenvalue weighted by Crippen LogP contribution is 2.29. The van der Waals surface area contributed by atoms with Crippen LogP contribution in [-0.4, -0.2) is 8.42 Å². The molecule has 0 aromatic heterocycles. The lowest BCUT2D eigenvalue weighted by Gasteiger charge is -2.02. The van der Waals surface area contributed by atoms with Gasteiger partial charge in [0.15, 0.2) is 0 Å². The fraction of sp³-hybridized carbons (Fsp3) is 0. The van der Waals surface area contributed by atoms with Crippen LogP contribution in [0.2, 0.25) is 0 Å². The Morgan fingerprint density at radius 3 is 2.46 bits per heavy atom. The molecule has 0 bridgehead atoms. The molecule has 0 spiro atoms. The van der Waals surface area contributed by atoms with Crippen LogP contribution in [0.15, 0.2) is 21.5 Å². The average molecular weight is 399 g/mol. The quantitative estimate of drug-likeness (QED) is 0.413. The van der Waals surface area contributed by atoms with Crippen LogP contribution in [0.1, 0.15) is 0 Å². The van der Waals surface area contributed by atoms with Gasteiger partial charge in [0, 0.05) is 18.7 Å². The molecular weight excluding hydrogens is 397 g/mol. The van der Waals surface area contributed by atoms with Gasteiger partial charge in [-0.2, -0.15) is 0 Å². The SMILES string of the molecule is O=S(=O)(Cl)c1cc(F)cc(Br)c1I. The summed E-state index contributed by atoms with van der Waals surface area (Å²) in [6, 6.07) is 2.06. The predicted octanol–water partition coefficient (Wildman–Crippen LogP) is 3.12. The van der Waals surface area contributed by atoms with Crippen LogP contribution in [-0.2, 0) is 9.05 Å². The van der Waals surface area contributed by atoms with Crippen molar-refractivity contribution in [2.24, 2.45) is 0 Å². The molecule has 0 N–H and O–H groups in total. The van der Waals surface area contributed by atoms with Crippen LogP contribution in [0, 0.1) is 9.39 Å². The fourth-order valence-corrected chi connectivity index (χ4v) is 3.79. The summed E-state index contributed by atoms with van der Waals surface area (Å²) in [5.74, 6) is -0.647. The van der Waals surface area contributed by atoms with Gasteiger partial charge in [-0.05, 0) is 50.7 Å². The zero-order chi connectivity index (χ0) is 10.2. The molecule has 0 aliphatic carbocycles. The summed E-state index contributed by atoms with van der Waals surface area (Å²) in [5.41, 5.74) is 0. The predicted molar refractivity (Wildman–Crippen MR) is 59.9 cm³/mol. The fourth-order valence-electron chi connectivity index (χ4n) is 0.710. The molecule has 0 unspecified atom stereocenters. The van der Waals surface area contributed by atoms with Crippen LogP contribution in [0.3, 0.4) is 0 Å². The Kier molecular flexibility index (Phi) is 3.59. The van der Waals surface area contributed by atoms with Gasteiger partial charge in [-0.15, -0.1) is 0 Å². The molecule has 13 heavy (non-hydrogen) atoms. The van der Waals surface area contributed by atoms with Crippen LogP contribution in [0.25, 0.3) is 0 Å². The Labute approximate surface area is 101 Å².